The lowest BCUT2D eigenvalue weighted by Crippen LogP contribution is -2.37. The van der Waals surface area contributed by atoms with Crippen molar-refractivity contribution >= 4 is 29.2 Å². The van der Waals surface area contributed by atoms with Crippen LogP contribution >= 0.6 is 11.6 Å². The second-order valence-electron chi connectivity index (χ2n) is 8.07. The minimum absolute atomic E-state index is 0.114. The van der Waals surface area contributed by atoms with Gasteiger partial charge in [-0.15, -0.1) is 0 Å². The fourth-order valence-corrected chi connectivity index (χ4v) is 4.49. The Morgan fingerprint density at radius 3 is 2.62 bits per heavy atom. The van der Waals surface area contributed by atoms with Gasteiger partial charge in [-0.25, -0.2) is 0 Å². The third-order valence-electron chi connectivity index (χ3n) is 6.09. The van der Waals surface area contributed by atoms with Gasteiger partial charge < -0.3 is 9.80 Å². The van der Waals surface area contributed by atoms with E-state index in [-0.39, 0.29) is 17.6 Å². The Morgan fingerprint density at radius 1 is 1.00 bits per heavy atom. The van der Waals surface area contributed by atoms with Gasteiger partial charge in [0.2, 0.25) is 5.91 Å². The maximum Gasteiger partial charge on any atom is 0.254 e. The zero-order valence-corrected chi connectivity index (χ0v) is 16.7. The minimum Gasteiger partial charge on any atom is -0.341 e. The fraction of sp³-hybridized carbons (Fsp3) is 0.348. The quantitative estimate of drug-likeness (QED) is 0.664. The Morgan fingerprint density at radius 2 is 1.83 bits per heavy atom. The van der Waals surface area contributed by atoms with Crippen LogP contribution in [0.4, 0.5) is 0 Å². The molecule has 0 aromatic heterocycles. The number of ketones is 1. The zero-order valence-electron chi connectivity index (χ0n) is 16.0. The van der Waals surface area contributed by atoms with E-state index in [1.165, 1.54) is 12.8 Å². The molecule has 3 aliphatic rings. The van der Waals surface area contributed by atoms with Crippen molar-refractivity contribution in [2.24, 2.45) is 5.92 Å². The summed E-state index contributed by atoms with van der Waals surface area (Å²) in [6, 6.07) is 10.6. The van der Waals surface area contributed by atoms with Gasteiger partial charge in [-0.2, -0.15) is 0 Å². The molecule has 1 saturated carbocycles. The molecular weight excluding hydrogens is 388 g/mol. The van der Waals surface area contributed by atoms with E-state index < -0.39 is 0 Å². The topological polar surface area (TPSA) is 57.7 Å². The number of halogens is 1. The second kappa shape index (κ2) is 6.99. The van der Waals surface area contributed by atoms with Crippen molar-refractivity contribution in [3.63, 3.8) is 0 Å². The first-order chi connectivity index (χ1) is 14.0. The Bertz CT molecular complexity index is 1040. The second-order valence-corrected chi connectivity index (χ2v) is 8.51. The van der Waals surface area contributed by atoms with Gasteiger partial charge in [-0.1, -0.05) is 29.8 Å². The molecule has 1 heterocycles. The number of benzene rings is 2. The highest BCUT2D eigenvalue weighted by molar-refractivity contribution is 6.32. The molecule has 2 aliphatic carbocycles. The van der Waals surface area contributed by atoms with Crippen molar-refractivity contribution in [2.45, 2.75) is 19.3 Å². The number of amides is 2. The van der Waals surface area contributed by atoms with Gasteiger partial charge in [-0.3, -0.25) is 14.4 Å². The van der Waals surface area contributed by atoms with Gasteiger partial charge in [0.15, 0.2) is 5.78 Å². The number of hydrogen-bond donors (Lipinski definition) is 0. The Labute approximate surface area is 174 Å². The van der Waals surface area contributed by atoms with Crippen molar-refractivity contribution in [3.05, 3.63) is 58.1 Å². The third-order valence-corrected chi connectivity index (χ3v) is 6.32. The predicted octanol–water partition coefficient (Wildman–Crippen LogP) is 3.64. The molecule has 5 rings (SSSR count). The van der Waals surface area contributed by atoms with Gasteiger partial charge in [0.05, 0.1) is 5.56 Å². The van der Waals surface area contributed by atoms with E-state index in [0.717, 1.165) is 17.7 Å². The largest absolute Gasteiger partial charge is 0.341 e. The molecule has 0 spiro atoms. The van der Waals surface area contributed by atoms with Crippen LogP contribution < -0.4 is 0 Å². The average Bonchev–Trinajstić information content (AvgIpc) is 3.52. The molecule has 29 heavy (non-hydrogen) atoms. The van der Waals surface area contributed by atoms with Gasteiger partial charge in [0, 0.05) is 48.7 Å². The number of rotatable bonds is 3. The van der Waals surface area contributed by atoms with E-state index in [2.05, 4.69) is 0 Å². The predicted molar refractivity (Wildman–Crippen MR) is 110 cm³/mol. The molecule has 6 heteroatoms. The summed E-state index contributed by atoms with van der Waals surface area (Å²) in [6.07, 6.45) is 2.71. The first-order valence-electron chi connectivity index (χ1n) is 10.1. The number of carbonyl (C=O) groups is 3. The van der Waals surface area contributed by atoms with Crippen LogP contribution in [0, 0.1) is 5.92 Å². The summed E-state index contributed by atoms with van der Waals surface area (Å²) in [5.41, 5.74) is 2.97. The number of hydrogen-bond acceptors (Lipinski definition) is 3. The van der Waals surface area contributed by atoms with Crippen molar-refractivity contribution in [1.29, 1.82) is 0 Å². The van der Waals surface area contributed by atoms with E-state index in [1.807, 2.05) is 23.1 Å². The first kappa shape index (κ1) is 18.4. The molecule has 0 atom stereocenters. The molecular formula is C23H21ClN2O3. The normalized spacial score (nSPS) is 18.5. The van der Waals surface area contributed by atoms with Crippen molar-refractivity contribution in [1.82, 2.24) is 9.80 Å². The van der Waals surface area contributed by atoms with Crippen LogP contribution in [0.3, 0.4) is 0 Å². The summed E-state index contributed by atoms with van der Waals surface area (Å²) < 4.78 is 0. The number of fused-ring (bicyclic) bond motifs is 3. The van der Waals surface area contributed by atoms with E-state index in [0.29, 0.717) is 53.7 Å². The molecule has 148 valence electrons. The van der Waals surface area contributed by atoms with Crippen LogP contribution in [0.2, 0.25) is 5.02 Å². The lowest BCUT2D eigenvalue weighted by atomic mass is 10.00. The lowest BCUT2D eigenvalue weighted by Gasteiger charge is -2.23. The van der Waals surface area contributed by atoms with E-state index >= 15 is 0 Å². The zero-order chi connectivity index (χ0) is 20.1. The van der Waals surface area contributed by atoms with E-state index in [1.54, 1.807) is 23.1 Å². The average molecular weight is 409 g/mol. The van der Waals surface area contributed by atoms with E-state index in [9.17, 15) is 14.4 Å². The van der Waals surface area contributed by atoms with Crippen molar-refractivity contribution in [3.8, 4) is 11.1 Å². The van der Waals surface area contributed by atoms with Gasteiger partial charge >= 0.3 is 0 Å². The van der Waals surface area contributed by atoms with Crippen LogP contribution in [-0.2, 0) is 4.79 Å². The molecule has 0 unspecified atom stereocenters. The lowest BCUT2D eigenvalue weighted by molar-refractivity contribution is -0.130. The smallest absolute Gasteiger partial charge is 0.254 e. The van der Waals surface area contributed by atoms with Crippen molar-refractivity contribution < 1.29 is 14.4 Å². The molecule has 0 N–H and O–H groups in total. The summed E-state index contributed by atoms with van der Waals surface area (Å²) in [5.74, 6) is 0.392. The summed E-state index contributed by atoms with van der Waals surface area (Å²) in [4.78, 5) is 42.4. The fourth-order valence-electron chi connectivity index (χ4n) is 4.32. The minimum atomic E-state index is -0.185. The van der Waals surface area contributed by atoms with Crippen LogP contribution in [-0.4, -0.2) is 53.6 Å². The Hall–Kier alpha value is -2.66. The summed E-state index contributed by atoms with van der Waals surface area (Å²) in [5, 5.41) is 0.500. The Kier molecular flexibility index (Phi) is 4.43. The number of nitrogens with zero attached hydrogens (tertiary/aromatic N) is 2. The highest BCUT2D eigenvalue weighted by atomic mass is 35.5. The van der Waals surface area contributed by atoms with Crippen LogP contribution in [0.5, 0.6) is 0 Å². The molecule has 2 aromatic rings. The third kappa shape index (κ3) is 3.23. The van der Waals surface area contributed by atoms with Crippen molar-refractivity contribution in [2.75, 3.05) is 26.2 Å². The highest BCUT2D eigenvalue weighted by Crippen LogP contribution is 2.39. The first-order valence-corrected chi connectivity index (χ1v) is 10.5. The van der Waals surface area contributed by atoms with Gasteiger partial charge in [0.25, 0.3) is 5.91 Å². The Balaban J connectivity index is 1.43. The molecule has 0 bridgehead atoms. The van der Waals surface area contributed by atoms with Crippen LogP contribution in [0.15, 0.2) is 36.4 Å². The molecule has 5 nitrogen and oxygen atoms in total. The summed E-state index contributed by atoms with van der Waals surface area (Å²) in [7, 11) is 0. The molecule has 2 fully saturated rings. The molecule has 1 saturated heterocycles. The molecule has 0 radical (unpaired) electrons. The molecule has 1 aliphatic heterocycles. The highest BCUT2D eigenvalue weighted by Gasteiger charge is 2.34. The number of carbonyl (C=O) groups excluding carboxylic acids is 3. The summed E-state index contributed by atoms with van der Waals surface area (Å²) >= 11 is 6.08. The SMILES string of the molecule is O=C1c2cc(Cl)ccc2-c2cccc(C(=O)N3CCC(=O)N(CC4CC4)CC3)c21. The van der Waals surface area contributed by atoms with Gasteiger partial charge in [0.1, 0.15) is 0 Å². The maximum atomic E-state index is 13.3. The standard InChI is InChI=1S/C23H21ClN2O3/c24-15-6-7-16-17-2-1-3-18(21(17)22(28)19(16)12-15)23(29)25-9-8-20(27)26(11-10-25)13-14-4-5-14/h1-3,6-7,12,14H,4-5,8-11,13H2. The van der Waals surface area contributed by atoms with E-state index in [4.69, 9.17) is 11.6 Å². The van der Waals surface area contributed by atoms with Crippen LogP contribution in [0.1, 0.15) is 45.5 Å². The van der Waals surface area contributed by atoms with Gasteiger partial charge in [-0.05, 0) is 48.1 Å². The van der Waals surface area contributed by atoms with Crippen LogP contribution in [0.25, 0.3) is 11.1 Å². The molecule has 2 amide bonds. The maximum absolute atomic E-state index is 13.3. The monoisotopic (exact) mass is 408 g/mol. The molecule has 2 aromatic carbocycles. The summed E-state index contributed by atoms with van der Waals surface area (Å²) in [6.45, 7) is 2.24.